The van der Waals surface area contributed by atoms with Gasteiger partial charge in [0.1, 0.15) is 5.60 Å². The number of ether oxygens (including phenoxy) is 2. The number of nitrogens with zero attached hydrogens (tertiary/aromatic N) is 2. The minimum Gasteiger partial charge on any atom is -0.444 e. The average Bonchev–Trinajstić information content (AvgIpc) is 2.46. The van der Waals surface area contributed by atoms with Crippen molar-refractivity contribution in [2.75, 3.05) is 39.4 Å². The summed E-state index contributed by atoms with van der Waals surface area (Å²) in [6.07, 6.45) is 1.63. The molecule has 0 bridgehead atoms. The first-order valence-electron chi connectivity index (χ1n) is 7.83. The summed E-state index contributed by atoms with van der Waals surface area (Å²) in [4.78, 5) is 16.2. The zero-order valence-electron chi connectivity index (χ0n) is 13.4. The maximum absolute atomic E-state index is 12.0. The highest BCUT2D eigenvalue weighted by atomic mass is 16.6. The van der Waals surface area contributed by atoms with E-state index < -0.39 is 5.60 Å². The highest BCUT2D eigenvalue weighted by Crippen LogP contribution is 2.21. The molecule has 2 fully saturated rings. The Balaban J connectivity index is 1.79. The predicted molar refractivity (Wildman–Crippen MR) is 79.2 cm³/mol. The molecule has 2 heterocycles. The van der Waals surface area contributed by atoms with Crippen LogP contribution in [0.1, 0.15) is 33.6 Å². The number of carbonyl (C=O) groups excluding carboxylic acids is 1. The van der Waals surface area contributed by atoms with E-state index in [9.17, 15) is 9.90 Å². The van der Waals surface area contributed by atoms with E-state index in [0.717, 1.165) is 39.0 Å². The largest absolute Gasteiger partial charge is 0.444 e. The summed E-state index contributed by atoms with van der Waals surface area (Å²) in [6.45, 7) is 9.59. The lowest BCUT2D eigenvalue weighted by Gasteiger charge is -2.42. The summed E-state index contributed by atoms with van der Waals surface area (Å²) in [7, 11) is 0. The summed E-state index contributed by atoms with van der Waals surface area (Å²) in [6, 6.07) is 0.474. The molecule has 6 nitrogen and oxygen atoms in total. The minimum absolute atomic E-state index is 0.0670. The van der Waals surface area contributed by atoms with E-state index in [1.807, 2.05) is 20.8 Å². The summed E-state index contributed by atoms with van der Waals surface area (Å²) in [5.74, 6) is 0. The number of morpholine rings is 1. The summed E-state index contributed by atoms with van der Waals surface area (Å²) < 4.78 is 10.9. The van der Waals surface area contributed by atoms with Crippen LogP contribution in [0.5, 0.6) is 0 Å². The van der Waals surface area contributed by atoms with Gasteiger partial charge >= 0.3 is 6.09 Å². The molecule has 0 spiro atoms. The molecule has 2 aliphatic heterocycles. The number of carbonyl (C=O) groups is 1. The van der Waals surface area contributed by atoms with Gasteiger partial charge in [-0.1, -0.05) is 0 Å². The fourth-order valence-electron chi connectivity index (χ4n) is 2.92. The fraction of sp³-hybridized carbons (Fsp3) is 0.933. The number of rotatable bonds is 2. The van der Waals surface area contributed by atoms with Gasteiger partial charge in [-0.25, -0.2) is 4.79 Å². The van der Waals surface area contributed by atoms with Crippen LogP contribution in [-0.4, -0.2) is 78.1 Å². The Bertz CT molecular complexity index is 348. The van der Waals surface area contributed by atoms with Gasteiger partial charge in [-0.2, -0.15) is 0 Å². The number of aliphatic hydroxyl groups is 1. The summed E-state index contributed by atoms with van der Waals surface area (Å²) in [5.41, 5.74) is -0.438. The van der Waals surface area contributed by atoms with Crippen molar-refractivity contribution < 1.29 is 19.4 Å². The highest BCUT2D eigenvalue weighted by molar-refractivity contribution is 5.68. The molecule has 2 saturated heterocycles. The van der Waals surface area contributed by atoms with Crippen molar-refractivity contribution in [3.05, 3.63) is 0 Å². The zero-order valence-corrected chi connectivity index (χ0v) is 13.4. The molecule has 2 rings (SSSR count). The van der Waals surface area contributed by atoms with Crippen molar-refractivity contribution in [3.8, 4) is 0 Å². The van der Waals surface area contributed by atoms with Gasteiger partial charge in [-0.05, 0) is 33.6 Å². The molecular weight excluding hydrogens is 272 g/mol. The number of hydrogen-bond acceptors (Lipinski definition) is 5. The average molecular weight is 300 g/mol. The molecule has 1 atom stereocenters. The van der Waals surface area contributed by atoms with E-state index in [0.29, 0.717) is 12.6 Å². The third-order valence-corrected chi connectivity index (χ3v) is 4.01. The second-order valence-corrected chi connectivity index (χ2v) is 6.87. The highest BCUT2D eigenvalue weighted by Gasteiger charge is 2.31. The van der Waals surface area contributed by atoms with E-state index in [2.05, 4.69) is 4.90 Å². The van der Waals surface area contributed by atoms with Crippen molar-refractivity contribution in [2.24, 2.45) is 0 Å². The first kappa shape index (κ1) is 16.5. The lowest BCUT2D eigenvalue weighted by molar-refractivity contribution is -0.0715. The number of hydrogen-bond donors (Lipinski definition) is 1. The van der Waals surface area contributed by atoms with Crippen molar-refractivity contribution in [2.45, 2.75) is 51.4 Å². The zero-order chi connectivity index (χ0) is 15.5. The van der Waals surface area contributed by atoms with Crippen molar-refractivity contribution in [3.63, 3.8) is 0 Å². The number of aliphatic hydroxyl groups excluding tert-OH is 1. The number of likely N-dealkylation sites (tertiary alicyclic amines) is 1. The van der Waals surface area contributed by atoms with Gasteiger partial charge < -0.3 is 19.5 Å². The molecule has 2 aliphatic rings. The van der Waals surface area contributed by atoms with Gasteiger partial charge in [0.05, 0.1) is 19.3 Å². The van der Waals surface area contributed by atoms with E-state index in [1.165, 1.54) is 0 Å². The molecule has 0 aromatic heterocycles. The van der Waals surface area contributed by atoms with Crippen LogP contribution in [0.15, 0.2) is 0 Å². The lowest BCUT2D eigenvalue weighted by atomic mass is 10.0. The van der Waals surface area contributed by atoms with E-state index in [4.69, 9.17) is 9.47 Å². The van der Waals surface area contributed by atoms with Crippen molar-refractivity contribution in [1.29, 1.82) is 0 Å². The number of piperidine rings is 1. The Morgan fingerprint density at radius 2 is 1.95 bits per heavy atom. The van der Waals surface area contributed by atoms with Crippen LogP contribution in [-0.2, 0) is 9.47 Å². The van der Waals surface area contributed by atoms with Crippen LogP contribution in [0.3, 0.4) is 0 Å². The molecule has 0 saturated carbocycles. The van der Waals surface area contributed by atoms with E-state index in [-0.39, 0.29) is 18.8 Å². The Morgan fingerprint density at radius 1 is 1.29 bits per heavy atom. The van der Waals surface area contributed by atoms with E-state index >= 15 is 0 Å². The molecule has 0 radical (unpaired) electrons. The minimum atomic E-state index is -0.438. The topological polar surface area (TPSA) is 62.2 Å². The Hall–Kier alpha value is -0.850. The van der Waals surface area contributed by atoms with Crippen LogP contribution >= 0.6 is 0 Å². The number of amides is 1. The van der Waals surface area contributed by atoms with E-state index in [1.54, 1.807) is 4.90 Å². The quantitative estimate of drug-likeness (QED) is 0.827. The van der Waals surface area contributed by atoms with Gasteiger partial charge in [-0.3, -0.25) is 4.90 Å². The van der Waals surface area contributed by atoms with Gasteiger partial charge in [0, 0.05) is 32.2 Å². The molecule has 0 aromatic rings. The maximum atomic E-state index is 12.0. The predicted octanol–water partition coefficient (Wildman–Crippen LogP) is 1.08. The molecule has 6 heteroatoms. The van der Waals surface area contributed by atoms with Crippen molar-refractivity contribution >= 4 is 6.09 Å². The molecule has 21 heavy (non-hydrogen) atoms. The first-order chi connectivity index (χ1) is 9.89. The van der Waals surface area contributed by atoms with Gasteiger partial charge in [0.25, 0.3) is 0 Å². The second-order valence-electron chi connectivity index (χ2n) is 6.87. The molecule has 122 valence electrons. The monoisotopic (exact) mass is 300 g/mol. The first-order valence-corrected chi connectivity index (χ1v) is 7.83. The summed E-state index contributed by atoms with van der Waals surface area (Å²) in [5, 5.41) is 9.21. The van der Waals surface area contributed by atoms with Crippen LogP contribution in [0.4, 0.5) is 4.79 Å². The van der Waals surface area contributed by atoms with Crippen LogP contribution in [0.2, 0.25) is 0 Å². The van der Waals surface area contributed by atoms with Gasteiger partial charge in [0.15, 0.2) is 0 Å². The molecular formula is C15H28N2O4. The molecule has 0 unspecified atom stereocenters. The Labute approximate surface area is 127 Å². The van der Waals surface area contributed by atoms with Crippen LogP contribution in [0, 0.1) is 0 Å². The molecule has 1 amide bonds. The second kappa shape index (κ2) is 6.94. The standard InChI is InChI=1S/C15H28N2O4/c1-15(2,3)21-14(19)16-6-4-12(5-7-16)17-8-9-20-13(10-17)11-18/h12-13,18H,4-11H2,1-3H3/t13-/m0/s1. The maximum Gasteiger partial charge on any atom is 0.410 e. The van der Waals surface area contributed by atoms with Gasteiger partial charge in [0.2, 0.25) is 0 Å². The SMILES string of the molecule is CC(C)(C)OC(=O)N1CCC(N2CCO[C@H](CO)C2)CC1. The third kappa shape index (κ3) is 4.83. The Kier molecular flexibility index (Phi) is 5.46. The lowest BCUT2D eigenvalue weighted by Crippen LogP contribution is -2.53. The normalized spacial score (nSPS) is 25.9. The molecule has 1 N–H and O–H groups in total. The third-order valence-electron chi connectivity index (χ3n) is 4.01. The van der Waals surface area contributed by atoms with Gasteiger partial charge in [-0.15, -0.1) is 0 Å². The van der Waals surface area contributed by atoms with Crippen molar-refractivity contribution in [1.82, 2.24) is 9.80 Å². The molecule has 0 aliphatic carbocycles. The summed E-state index contributed by atoms with van der Waals surface area (Å²) >= 11 is 0. The molecule has 0 aromatic carbocycles. The van der Waals surface area contributed by atoms with Crippen LogP contribution < -0.4 is 0 Å². The smallest absolute Gasteiger partial charge is 0.410 e. The van der Waals surface area contributed by atoms with Crippen LogP contribution in [0.25, 0.3) is 0 Å². The fourth-order valence-corrected chi connectivity index (χ4v) is 2.92. The Morgan fingerprint density at radius 3 is 2.52 bits per heavy atom.